The van der Waals surface area contributed by atoms with E-state index < -0.39 is 102 Å². The van der Waals surface area contributed by atoms with Gasteiger partial charge in [0.05, 0.1) is 37.5 Å². The van der Waals surface area contributed by atoms with E-state index in [4.69, 9.17) is 23.7 Å². The summed E-state index contributed by atoms with van der Waals surface area (Å²) < 4.78 is 30.1. The number of ether oxygens (including phenoxy) is 5. The van der Waals surface area contributed by atoms with E-state index in [1.165, 1.54) is 24.6 Å². The number of esters is 3. The summed E-state index contributed by atoms with van der Waals surface area (Å²) in [5, 5.41) is 37.9. The molecule has 246 valence electrons. The van der Waals surface area contributed by atoms with Crippen LogP contribution in [0.1, 0.15) is 53.0 Å². The topological polar surface area (TPSA) is 158 Å². The Labute approximate surface area is 263 Å². The van der Waals surface area contributed by atoms with Crippen LogP contribution in [-0.2, 0) is 44.7 Å². The molecule has 1 aromatic rings. The van der Waals surface area contributed by atoms with Crippen LogP contribution in [0.15, 0.2) is 24.3 Å². The maximum atomic E-state index is 14.0. The molecular weight excluding hydrogens is 600 g/mol. The molecule has 2 spiro atoms. The van der Waals surface area contributed by atoms with Crippen molar-refractivity contribution in [1.29, 1.82) is 0 Å². The van der Waals surface area contributed by atoms with E-state index in [9.17, 15) is 29.7 Å². The highest BCUT2D eigenvalue weighted by atomic mass is 28.3. The van der Waals surface area contributed by atoms with Gasteiger partial charge in [-0.25, -0.2) is 9.59 Å². The Bertz CT molecular complexity index is 1460. The Morgan fingerprint density at radius 1 is 0.978 bits per heavy atom. The molecule has 4 heterocycles. The summed E-state index contributed by atoms with van der Waals surface area (Å²) in [4.78, 5) is 40.6. The minimum absolute atomic E-state index is 0.00382. The van der Waals surface area contributed by atoms with Gasteiger partial charge >= 0.3 is 17.9 Å². The third-order valence-electron chi connectivity index (χ3n) is 12.2. The molecule has 3 N–H and O–H groups in total. The van der Waals surface area contributed by atoms with Gasteiger partial charge in [-0.3, -0.25) is 4.79 Å². The van der Waals surface area contributed by atoms with Crippen molar-refractivity contribution in [3.8, 4) is 0 Å². The molecule has 0 amide bonds. The third-order valence-corrected chi connectivity index (χ3v) is 15.7. The van der Waals surface area contributed by atoms with Gasteiger partial charge < -0.3 is 39.0 Å². The Balaban J connectivity index is 1.34. The molecule has 7 rings (SSSR count). The van der Waals surface area contributed by atoms with Crippen molar-refractivity contribution in [2.24, 2.45) is 28.1 Å². The fourth-order valence-electron chi connectivity index (χ4n) is 10.4. The number of aliphatic hydroxyl groups is 3. The van der Waals surface area contributed by atoms with Crippen molar-refractivity contribution in [2.45, 2.75) is 121 Å². The number of unbranched alkanes of at least 4 members (excludes halogenated alkanes) is 1. The standard InChI is InChI=1S/C33H44O11Si/c1-8-9-14-45(6,7)18-12-10-17(11-13-18)15-40-24-26(37)43-28-30(24)20(29(3,4)5)19(34)22-31(30)21(35)23-32(39,16(2)25(36)41-23)33(31,44-28)27(38)42-22/h10-13,16,19-24,28,34-35,39H,8-9,14-15H2,1-7H3/t16-,19-,20+,21+,22?,23+,24+,28?,30?,31?,32-,33+/m1/s1. The second kappa shape index (κ2) is 9.38. The minimum Gasteiger partial charge on any atom is -0.456 e. The first-order valence-electron chi connectivity index (χ1n) is 16.1. The maximum absolute atomic E-state index is 14.0. The largest absolute Gasteiger partial charge is 0.456 e. The number of carbonyl (C=O) groups excluding carboxylic acids is 3. The molecule has 0 bridgehead atoms. The van der Waals surface area contributed by atoms with Crippen LogP contribution in [0.3, 0.4) is 0 Å². The van der Waals surface area contributed by atoms with Gasteiger partial charge in [-0.2, -0.15) is 0 Å². The summed E-state index contributed by atoms with van der Waals surface area (Å²) in [5.41, 5.74) is -8.33. The van der Waals surface area contributed by atoms with Crippen molar-refractivity contribution in [3.05, 3.63) is 29.8 Å². The van der Waals surface area contributed by atoms with Gasteiger partial charge in [0.1, 0.15) is 12.2 Å². The van der Waals surface area contributed by atoms with Crippen molar-refractivity contribution < 1.29 is 53.4 Å². The molecule has 4 unspecified atom stereocenters. The van der Waals surface area contributed by atoms with Crippen LogP contribution in [0.25, 0.3) is 0 Å². The fourth-order valence-corrected chi connectivity index (χ4v) is 13.0. The van der Waals surface area contributed by atoms with Crippen molar-refractivity contribution in [2.75, 3.05) is 0 Å². The molecule has 1 aromatic carbocycles. The first-order chi connectivity index (χ1) is 21.0. The Morgan fingerprint density at radius 3 is 2.27 bits per heavy atom. The van der Waals surface area contributed by atoms with Gasteiger partial charge in [-0.05, 0) is 17.9 Å². The second-order valence-corrected chi connectivity index (χ2v) is 20.6. The Hall–Kier alpha value is -2.35. The summed E-state index contributed by atoms with van der Waals surface area (Å²) in [6.07, 6.45) is -6.69. The Morgan fingerprint density at radius 2 is 1.64 bits per heavy atom. The van der Waals surface area contributed by atoms with Crippen LogP contribution < -0.4 is 5.19 Å². The van der Waals surface area contributed by atoms with Crippen molar-refractivity contribution in [1.82, 2.24) is 0 Å². The fraction of sp³-hybridized carbons (Fsp3) is 0.727. The zero-order valence-corrected chi connectivity index (χ0v) is 27.9. The second-order valence-electron chi connectivity index (χ2n) is 15.8. The lowest BCUT2D eigenvalue weighted by Gasteiger charge is -2.48. The average molecular weight is 645 g/mol. The van der Waals surface area contributed by atoms with Crippen LogP contribution in [-0.4, -0.2) is 89.3 Å². The lowest BCUT2D eigenvalue weighted by molar-refractivity contribution is -0.240. The molecule has 2 saturated carbocycles. The molecule has 0 aromatic heterocycles. The average Bonchev–Trinajstić information content (AvgIpc) is 3.67. The quantitative estimate of drug-likeness (QED) is 0.225. The number of fused-ring (bicyclic) bond motifs is 1. The summed E-state index contributed by atoms with van der Waals surface area (Å²) in [5.74, 6) is -4.78. The summed E-state index contributed by atoms with van der Waals surface area (Å²) >= 11 is 0. The molecule has 45 heavy (non-hydrogen) atoms. The molecule has 12 atom stereocenters. The summed E-state index contributed by atoms with van der Waals surface area (Å²) in [7, 11) is -1.62. The third kappa shape index (κ3) is 3.26. The zero-order chi connectivity index (χ0) is 32.7. The zero-order valence-electron chi connectivity index (χ0n) is 26.9. The number of hydrogen-bond donors (Lipinski definition) is 3. The first kappa shape index (κ1) is 31.3. The number of carbonyl (C=O) groups is 3. The summed E-state index contributed by atoms with van der Waals surface area (Å²) in [6, 6.07) is 9.37. The first-order valence-corrected chi connectivity index (χ1v) is 19.3. The van der Waals surface area contributed by atoms with E-state index in [1.807, 2.05) is 32.9 Å². The highest BCUT2D eigenvalue weighted by molar-refractivity contribution is 6.89. The Kier molecular flexibility index (Phi) is 6.52. The molecule has 6 fully saturated rings. The van der Waals surface area contributed by atoms with Crippen LogP contribution in [0.5, 0.6) is 0 Å². The van der Waals surface area contributed by atoms with Crippen LogP contribution in [0.4, 0.5) is 0 Å². The van der Waals surface area contributed by atoms with Crippen LogP contribution in [0.2, 0.25) is 19.1 Å². The van der Waals surface area contributed by atoms with Gasteiger partial charge in [0.2, 0.25) is 11.9 Å². The number of hydrogen-bond acceptors (Lipinski definition) is 11. The molecule has 4 aliphatic heterocycles. The molecular formula is C33H44O11Si. The van der Waals surface area contributed by atoms with Crippen LogP contribution >= 0.6 is 0 Å². The molecule has 0 radical (unpaired) electrons. The molecule has 12 heteroatoms. The van der Waals surface area contributed by atoms with Crippen molar-refractivity contribution in [3.63, 3.8) is 0 Å². The van der Waals surface area contributed by atoms with Crippen molar-refractivity contribution >= 4 is 31.2 Å². The number of rotatable bonds is 7. The molecule has 2 aliphatic carbocycles. The van der Waals surface area contributed by atoms with E-state index >= 15 is 0 Å². The minimum atomic E-state index is -2.37. The predicted molar refractivity (Wildman–Crippen MR) is 159 cm³/mol. The number of benzene rings is 1. The highest BCUT2D eigenvalue weighted by Crippen LogP contribution is 2.84. The van der Waals surface area contributed by atoms with Gasteiger partial charge in [0.25, 0.3) is 0 Å². The maximum Gasteiger partial charge on any atom is 0.343 e. The smallest absolute Gasteiger partial charge is 0.343 e. The van der Waals surface area contributed by atoms with Crippen LogP contribution in [0, 0.1) is 28.1 Å². The van der Waals surface area contributed by atoms with E-state index in [-0.39, 0.29) is 6.61 Å². The normalized spacial score (nSPS) is 46.0. The summed E-state index contributed by atoms with van der Waals surface area (Å²) in [6.45, 7) is 13.9. The van der Waals surface area contributed by atoms with Gasteiger partial charge in [0, 0.05) is 5.92 Å². The van der Waals surface area contributed by atoms with E-state index in [0.29, 0.717) is 0 Å². The highest BCUT2D eigenvalue weighted by Gasteiger charge is 3.05. The van der Waals surface area contributed by atoms with Gasteiger partial charge in [-0.15, -0.1) is 0 Å². The lowest BCUT2D eigenvalue weighted by atomic mass is 9.51. The van der Waals surface area contributed by atoms with Gasteiger partial charge in [-0.1, -0.05) is 89.1 Å². The predicted octanol–water partition coefficient (Wildman–Crippen LogP) is 1.54. The monoisotopic (exact) mass is 644 g/mol. The number of aliphatic hydroxyl groups excluding tert-OH is 2. The SMILES string of the molecule is CCCC[Si](C)(C)c1ccc(CO[C@H]2C(=O)OC3O[C@@]45C(=O)OC6[C@H](O)[C@@H](C(C)(C)C)C32C64[C@@H](O)[C@@H]2OC(=O)[C@@H](C)[C@@]25O)cc1. The van der Waals surface area contributed by atoms with E-state index in [2.05, 4.69) is 32.2 Å². The molecule has 4 saturated heterocycles. The molecule has 6 aliphatic rings. The van der Waals surface area contributed by atoms with Gasteiger partial charge in [0.15, 0.2) is 17.8 Å². The van der Waals surface area contributed by atoms with E-state index in [1.54, 1.807) is 0 Å². The molecule has 11 nitrogen and oxygen atoms in total. The van der Waals surface area contributed by atoms with E-state index in [0.717, 1.165) is 12.0 Å². The lowest BCUT2D eigenvalue weighted by Crippen LogP contribution is -2.67.